The summed E-state index contributed by atoms with van der Waals surface area (Å²) in [5, 5.41) is 11.2. The molecule has 2 amide bonds. The fourth-order valence-corrected chi connectivity index (χ4v) is 7.54. The number of carbonyl (C=O) groups is 2. The Kier molecular flexibility index (Phi) is 7.30. The third-order valence-corrected chi connectivity index (χ3v) is 9.92. The Hall–Kier alpha value is -1.79. The van der Waals surface area contributed by atoms with E-state index in [1.165, 1.54) is 32.1 Å². The van der Waals surface area contributed by atoms with E-state index in [9.17, 15) is 14.7 Å². The molecule has 0 radical (unpaired) electrons. The van der Waals surface area contributed by atoms with Crippen LogP contribution in [0.1, 0.15) is 83.1 Å². The Morgan fingerprint density at radius 2 is 1.75 bits per heavy atom. The van der Waals surface area contributed by atoms with E-state index in [2.05, 4.69) is 13.8 Å². The van der Waals surface area contributed by atoms with Gasteiger partial charge in [0.25, 0.3) is 0 Å². The highest BCUT2D eigenvalue weighted by Gasteiger charge is 2.50. The van der Waals surface area contributed by atoms with Crippen molar-refractivity contribution in [2.45, 2.75) is 89.2 Å². The third-order valence-electron chi connectivity index (χ3n) is 9.67. The van der Waals surface area contributed by atoms with E-state index in [4.69, 9.17) is 16.3 Å². The van der Waals surface area contributed by atoms with Gasteiger partial charge in [-0.2, -0.15) is 0 Å². The lowest BCUT2D eigenvalue weighted by molar-refractivity contribution is -0.139. The molecule has 4 fully saturated rings. The normalized spacial score (nSPS) is 30.4. The van der Waals surface area contributed by atoms with E-state index in [1.807, 2.05) is 34.1 Å². The van der Waals surface area contributed by atoms with E-state index in [-0.39, 0.29) is 34.8 Å². The first-order valence-corrected chi connectivity index (χ1v) is 14.2. The molecular weight excluding hydrogens is 476 g/mol. The molecule has 7 heteroatoms. The standard InChI is InChI=1S/C29H41ClN2O4/c1-28(2)19-36-27(35)32(28)18-29(21-6-4-3-5-7-21)12-14-31(15-13-29)26(34)25-17-23(33)16-24(25)20-8-10-22(30)11-9-20/h8-11,21,23-25,33H,3-7,12-19H2,1-2H3/t23-,24+,25-/m1/s1. The minimum atomic E-state index is -0.450. The summed E-state index contributed by atoms with van der Waals surface area (Å²) in [6, 6.07) is 7.72. The van der Waals surface area contributed by atoms with Crippen LogP contribution in [0.3, 0.4) is 0 Å². The molecule has 2 heterocycles. The molecule has 2 saturated carbocycles. The summed E-state index contributed by atoms with van der Waals surface area (Å²) < 4.78 is 5.44. The van der Waals surface area contributed by atoms with Crippen molar-refractivity contribution in [3.8, 4) is 0 Å². The Balaban J connectivity index is 1.31. The lowest BCUT2D eigenvalue weighted by atomic mass is 9.63. The van der Waals surface area contributed by atoms with E-state index in [1.54, 1.807) is 0 Å². The molecule has 1 N–H and O–H groups in total. The molecule has 1 aromatic carbocycles. The first kappa shape index (κ1) is 25.8. The Morgan fingerprint density at radius 1 is 1.08 bits per heavy atom. The predicted molar refractivity (Wildman–Crippen MR) is 140 cm³/mol. The number of aliphatic hydroxyl groups excluding tert-OH is 1. The van der Waals surface area contributed by atoms with Crippen LogP contribution < -0.4 is 0 Å². The Morgan fingerprint density at radius 3 is 2.36 bits per heavy atom. The summed E-state index contributed by atoms with van der Waals surface area (Å²) in [4.78, 5) is 30.5. The first-order chi connectivity index (χ1) is 17.2. The number of piperidine rings is 1. The molecular formula is C29H41ClN2O4. The zero-order valence-electron chi connectivity index (χ0n) is 21.8. The van der Waals surface area contributed by atoms with Crippen molar-refractivity contribution >= 4 is 23.6 Å². The fraction of sp³-hybridized carbons (Fsp3) is 0.724. The molecule has 2 aliphatic heterocycles. The van der Waals surface area contributed by atoms with Gasteiger partial charge in [0.2, 0.25) is 5.91 Å². The van der Waals surface area contributed by atoms with Crippen molar-refractivity contribution < 1.29 is 19.4 Å². The van der Waals surface area contributed by atoms with E-state index < -0.39 is 6.10 Å². The molecule has 3 atom stereocenters. The number of likely N-dealkylation sites (tertiary alicyclic amines) is 1. The van der Waals surface area contributed by atoms with Gasteiger partial charge < -0.3 is 14.7 Å². The molecule has 0 bridgehead atoms. The topological polar surface area (TPSA) is 70.1 Å². The molecule has 198 valence electrons. The molecule has 2 saturated heterocycles. The zero-order valence-corrected chi connectivity index (χ0v) is 22.5. The van der Waals surface area contributed by atoms with Crippen molar-refractivity contribution in [3.05, 3.63) is 34.9 Å². The number of ether oxygens (including phenoxy) is 1. The number of halogens is 1. The maximum Gasteiger partial charge on any atom is 0.410 e. The number of carbonyl (C=O) groups excluding carboxylic acids is 2. The van der Waals surface area contributed by atoms with E-state index in [0.717, 1.165) is 38.0 Å². The number of hydrogen-bond donors (Lipinski definition) is 1. The van der Waals surface area contributed by atoms with Crippen molar-refractivity contribution in [2.24, 2.45) is 17.3 Å². The maximum atomic E-state index is 13.8. The molecule has 4 aliphatic rings. The van der Waals surface area contributed by atoms with Gasteiger partial charge in [-0.15, -0.1) is 0 Å². The minimum Gasteiger partial charge on any atom is -0.447 e. The lowest BCUT2D eigenvalue weighted by Gasteiger charge is -2.51. The molecule has 6 nitrogen and oxygen atoms in total. The summed E-state index contributed by atoms with van der Waals surface area (Å²) in [6.45, 7) is 6.78. The smallest absolute Gasteiger partial charge is 0.410 e. The largest absolute Gasteiger partial charge is 0.447 e. The fourth-order valence-electron chi connectivity index (χ4n) is 7.41. The van der Waals surface area contributed by atoms with Gasteiger partial charge in [-0.25, -0.2) is 4.79 Å². The molecule has 0 aromatic heterocycles. The number of hydrogen-bond acceptors (Lipinski definition) is 4. The van der Waals surface area contributed by atoms with Gasteiger partial charge in [-0.05, 0) is 87.3 Å². The van der Waals surface area contributed by atoms with Crippen LogP contribution in [0.5, 0.6) is 0 Å². The lowest BCUT2D eigenvalue weighted by Crippen LogP contribution is -2.55. The predicted octanol–water partition coefficient (Wildman–Crippen LogP) is 5.61. The van der Waals surface area contributed by atoms with Crippen molar-refractivity contribution in [2.75, 3.05) is 26.2 Å². The molecule has 2 aliphatic carbocycles. The number of rotatable bonds is 5. The van der Waals surface area contributed by atoms with Crippen LogP contribution in [0.2, 0.25) is 5.02 Å². The number of cyclic esters (lactones) is 1. The van der Waals surface area contributed by atoms with Gasteiger partial charge in [-0.3, -0.25) is 9.69 Å². The number of aliphatic hydroxyl groups is 1. The second-order valence-corrected chi connectivity index (χ2v) is 12.8. The van der Waals surface area contributed by atoms with Crippen molar-refractivity contribution in [1.29, 1.82) is 0 Å². The summed E-state index contributed by atoms with van der Waals surface area (Å²) in [6.07, 6.45) is 8.56. The van der Waals surface area contributed by atoms with Crippen molar-refractivity contribution in [1.82, 2.24) is 9.80 Å². The summed E-state index contributed by atoms with van der Waals surface area (Å²) >= 11 is 6.09. The van der Waals surface area contributed by atoms with Gasteiger partial charge in [0.1, 0.15) is 6.61 Å². The average molecular weight is 517 g/mol. The maximum absolute atomic E-state index is 13.8. The number of nitrogens with zero attached hydrogens (tertiary/aromatic N) is 2. The van der Waals surface area contributed by atoms with E-state index in [0.29, 0.717) is 30.4 Å². The van der Waals surface area contributed by atoms with Crippen LogP contribution >= 0.6 is 11.6 Å². The highest BCUT2D eigenvalue weighted by molar-refractivity contribution is 6.30. The van der Waals surface area contributed by atoms with Crippen LogP contribution in [-0.2, 0) is 9.53 Å². The van der Waals surface area contributed by atoms with Gasteiger partial charge in [0, 0.05) is 30.6 Å². The van der Waals surface area contributed by atoms with E-state index >= 15 is 0 Å². The van der Waals surface area contributed by atoms with Gasteiger partial charge in [0.05, 0.1) is 11.6 Å². The van der Waals surface area contributed by atoms with Crippen LogP contribution in [0, 0.1) is 17.3 Å². The van der Waals surface area contributed by atoms with Crippen LogP contribution in [0.15, 0.2) is 24.3 Å². The zero-order chi connectivity index (χ0) is 25.5. The minimum absolute atomic E-state index is 0.0231. The number of benzene rings is 1. The van der Waals surface area contributed by atoms with Crippen LogP contribution in [0.4, 0.5) is 4.79 Å². The van der Waals surface area contributed by atoms with Gasteiger partial charge in [-0.1, -0.05) is 43.0 Å². The summed E-state index contributed by atoms with van der Waals surface area (Å²) in [5.74, 6) is 0.582. The molecule has 0 spiro atoms. The van der Waals surface area contributed by atoms with Crippen LogP contribution in [-0.4, -0.2) is 64.8 Å². The highest BCUT2D eigenvalue weighted by Crippen LogP contribution is 2.49. The molecule has 5 rings (SSSR count). The first-order valence-electron chi connectivity index (χ1n) is 13.9. The molecule has 0 unspecified atom stereocenters. The summed E-state index contributed by atoms with van der Waals surface area (Å²) in [5.41, 5.74) is 0.817. The average Bonchev–Trinajstić information content (AvgIpc) is 3.39. The number of amides is 2. The van der Waals surface area contributed by atoms with Gasteiger partial charge >= 0.3 is 6.09 Å². The Labute approximate surface area is 220 Å². The second kappa shape index (κ2) is 10.2. The van der Waals surface area contributed by atoms with Crippen molar-refractivity contribution in [3.63, 3.8) is 0 Å². The summed E-state index contributed by atoms with van der Waals surface area (Å²) in [7, 11) is 0. The third kappa shape index (κ3) is 5.00. The SMILES string of the molecule is CC1(C)COC(=O)N1CC1(C2CCCCC2)CCN(C(=O)[C@@H]2C[C@H](O)C[C@H]2c2ccc(Cl)cc2)CC1. The molecule has 36 heavy (non-hydrogen) atoms. The van der Waals surface area contributed by atoms with Crippen LogP contribution in [0.25, 0.3) is 0 Å². The quantitative estimate of drug-likeness (QED) is 0.552. The van der Waals surface area contributed by atoms with Gasteiger partial charge in [0.15, 0.2) is 0 Å². The monoisotopic (exact) mass is 516 g/mol. The highest BCUT2D eigenvalue weighted by atomic mass is 35.5. The Bertz CT molecular complexity index is 951. The molecule has 1 aromatic rings. The second-order valence-electron chi connectivity index (χ2n) is 12.4.